The fraction of sp³-hybridized carbons (Fsp3) is 0.222. The Kier molecular flexibility index (Phi) is 1.69. The van der Waals surface area contributed by atoms with E-state index < -0.39 is 5.82 Å². The van der Waals surface area contributed by atoms with Gasteiger partial charge in [-0.05, 0) is 19.1 Å². The van der Waals surface area contributed by atoms with Crippen molar-refractivity contribution in [3.8, 4) is 11.5 Å². The molecule has 0 saturated carbocycles. The second-order valence-corrected chi connectivity index (χ2v) is 2.75. The molecule has 13 heavy (non-hydrogen) atoms. The zero-order chi connectivity index (χ0) is 9.42. The summed E-state index contributed by atoms with van der Waals surface area (Å²) >= 11 is 0. The van der Waals surface area contributed by atoms with Crippen LogP contribution in [0.1, 0.15) is 17.3 Å². The number of fused-ring (bicyclic) bond motifs is 1. The SMILES string of the molecule is CC(=O)c1cc(F)c2c(c1)OCO2. The molecule has 0 amide bonds. The summed E-state index contributed by atoms with van der Waals surface area (Å²) in [5, 5.41) is 0. The van der Waals surface area contributed by atoms with Crippen LogP contribution in [0.3, 0.4) is 0 Å². The molecule has 1 aromatic carbocycles. The third kappa shape index (κ3) is 1.24. The molecule has 68 valence electrons. The van der Waals surface area contributed by atoms with Gasteiger partial charge in [0.1, 0.15) is 0 Å². The number of ketones is 1. The molecule has 1 aliphatic heterocycles. The number of halogens is 1. The first-order valence-electron chi connectivity index (χ1n) is 3.78. The van der Waals surface area contributed by atoms with Gasteiger partial charge in [-0.3, -0.25) is 4.79 Å². The van der Waals surface area contributed by atoms with Crippen LogP contribution in [-0.2, 0) is 0 Å². The molecule has 0 aliphatic carbocycles. The molecule has 1 aromatic rings. The summed E-state index contributed by atoms with van der Waals surface area (Å²) in [6.07, 6.45) is 0. The normalized spacial score (nSPS) is 13.1. The number of hydrogen-bond donors (Lipinski definition) is 0. The second kappa shape index (κ2) is 2.73. The predicted molar refractivity (Wildman–Crippen MR) is 42.5 cm³/mol. The fourth-order valence-electron chi connectivity index (χ4n) is 1.17. The van der Waals surface area contributed by atoms with Gasteiger partial charge in [0.05, 0.1) is 0 Å². The smallest absolute Gasteiger partial charge is 0.231 e. The van der Waals surface area contributed by atoms with Crippen LogP contribution in [0.25, 0.3) is 0 Å². The van der Waals surface area contributed by atoms with Crippen molar-refractivity contribution in [3.05, 3.63) is 23.5 Å². The highest BCUT2D eigenvalue weighted by molar-refractivity contribution is 5.94. The van der Waals surface area contributed by atoms with Gasteiger partial charge in [-0.1, -0.05) is 0 Å². The molecule has 1 aliphatic rings. The number of rotatable bonds is 1. The molecule has 3 nitrogen and oxygen atoms in total. The van der Waals surface area contributed by atoms with Gasteiger partial charge >= 0.3 is 0 Å². The summed E-state index contributed by atoms with van der Waals surface area (Å²) in [4.78, 5) is 10.9. The molecule has 0 saturated heterocycles. The molecule has 1 heterocycles. The van der Waals surface area contributed by atoms with E-state index in [0.29, 0.717) is 11.3 Å². The fourth-order valence-corrected chi connectivity index (χ4v) is 1.17. The van der Waals surface area contributed by atoms with Gasteiger partial charge in [-0.25, -0.2) is 4.39 Å². The average molecular weight is 182 g/mol. The Bertz CT molecular complexity index is 373. The average Bonchev–Trinajstić information content (AvgIpc) is 2.51. The summed E-state index contributed by atoms with van der Waals surface area (Å²) in [5.74, 6) is -0.368. The minimum absolute atomic E-state index is 0.00755. The van der Waals surface area contributed by atoms with Crippen LogP contribution in [0.2, 0.25) is 0 Å². The molecule has 0 spiro atoms. The Morgan fingerprint density at radius 2 is 2.23 bits per heavy atom. The van der Waals surface area contributed by atoms with Gasteiger partial charge in [-0.2, -0.15) is 0 Å². The van der Waals surface area contributed by atoms with Crippen LogP contribution in [0.4, 0.5) is 4.39 Å². The number of carbonyl (C=O) groups is 1. The van der Waals surface area contributed by atoms with Gasteiger partial charge in [0, 0.05) is 5.56 Å². The maximum Gasteiger partial charge on any atom is 0.231 e. The van der Waals surface area contributed by atoms with Crippen molar-refractivity contribution in [3.63, 3.8) is 0 Å². The van der Waals surface area contributed by atoms with Crippen molar-refractivity contribution in [1.82, 2.24) is 0 Å². The first kappa shape index (κ1) is 8.04. The Hall–Kier alpha value is -1.58. The lowest BCUT2D eigenvalue weighted by molar-refractivity contribution is 0.101. The molecular weight excluding hydrogens is 175 g/mol. The Labute approximate surface area is 74.1 Å². The summed E-state index contributed by atoms with van der Waals surface area (Å²) in [6, 6.07) is 2.63. The zero-order valence-corrected chi connectivity index (χ0v) is 6.96. The zero-order valence-electron chi connectivity index (χ0n) is 6.96. The van der Waals surface area contributed by atoms with Crippen LogP contribution < -0.4 is 9.47 Å². The summed E-state index contributed by atoms with van der Waals surface area (Å²) in [5.41, 5.74) is 0.293. The number of carbonyl (C=O) groups excluding carboxylic acids is 1. The summed E-state index contributed by atoms with van der Waals surface area (Å²) < 4.78 is 23.0. The van der Waals surface area contributed by atoms with Gasteiger partial charge < -0.3 is 9.47 Å². The number of benzene rings is 1. The second-order valence-electron chi connectivity index (χ2n) is 2.75. The lowest BCUT2D eigenvalue weighted by Crippen LogP contribution is -1.93. The first-order valence-corrected chi connectivity index (χ1v) is 3.78. The molecular formula is C9H7FO3. The van der Waals surface area contributed by atoms with Gasteiger partial charge in [0.2, 0.25) is 12.5 Å². The van der Waals surface area contributed by atoms with Crippen LogP contribution >= 0.6 is 0 Å². The largest absolute Gasteiger partial charge is 0.453 e. The van der Waals surface area contributed by atoms with E-state index in [9.17, 15) is 9.18 Å². The molecule has 0 radical (unpaired) electrons. The summed E-state index contributed by atoms with van der Waals surface area (Å²) in [6.45, 7) is 1.38. The highest BCUT2D eigenvalue weighted by atomic mass is 19.1. The first-order chi connectivity index (χ1) is 6.18. The van der Waals surface area contributed by atoms with Crippen LogP contribution in [0, 0.1) is 5.82 Å². The van der Waals surface area contributed by atoms with Crippen molar-refractivity contribution in [2.24, 2.45) is 0 Å². The molecule has 0 aromatic heterocycles. The maximum absolute atomic E-state index is 13.2. The molecule has 2 rings (SSSR count). The molecule has 0 atom stereocenters. The molecule has 0 unspecified atom stereocenters. The minimum atomic E-state index is -0.555. The van der Waals surface area contributed by atoms with E-state index in [1.807, 2.05) is 0 Å². The van der Waals surface area contributed by atoms with Gasteiger partial charge in [0.25, 0.3) is 0 Å². The highest BCUT2D eigenvalue weighted by Gasteiger charge is 2.20. The Morgan fingerprint density at radius 1 is 1.46 bits per heavy atom. The Morgan fingerprint density at radius 3 is 2.92 bits per heavy atom. The van der Waals surface area contributed by atoms with E-state index in [2.05, 4.69) is 0 Å². The Balaban J connectivity index is 2.55. The van der Waals surface area contributed by atoms with Crippen LogP contribution in [0.5, 0.6) is 11.5 Å². The lowest BCUT2D eigenvalue weighted by atomic mass is 10.1. The van der Waals surface area contributed by atoms with E-state index in [0.717, 1.165) is 6.07 Å². The quantitative estimate of drug-likeness (QED) is 0.621. The van der Waals surface area contributed by atoms with E-state index in [1.165, 1.54) is 13.0 Å². The van der Waals surface area contributed by atoms with Crippen molar-refractivity contribution in [2.75, 3.05) is 6.79 Å². The van der Waals surface area contributed by atoms with Crippen LogP contribution in [-0.4, -0.2) is 12.6 Å². The third-order valence-electron chi connectivity index (χ3n) is 1.83. The molecule has 0 N–H and O–H groups in total. The van der Waals surface area contributed by atoms with Crippen molar-refractivity contribution in [1.29, 1.82) is 0 Å². The topological polar surface area (TPSA) is 35.5 Å². The van der Waals surface area contributed by atoms with Crippen molar-refractivity contribution in [2.45, 2.75) is 6.92 Å². The maximum atomic E-state index is 13.2. The van der Waals surface area contributed by atoms with E-state index in [1.54, 1.807) is 0 Å². The number of hydrogen-bond acceptors (Lipinski definition) is 3. The van der Waals surface area contributed by atoms with Crippen LogP contribution in [0.15, 0.2) is 12.1 Å². The number of Topliss-reactive ketones (excluding diaryl/α,β-unsaturated/α-hetero) is 1. The summed E-state index contributed by atoms with van der Waals surface area (Å²) in [7, 11) is 0. The lowest BCUT2D eigenvalue weighted by Gasteiger charge is -2.00. The van der Waals surface area contributed by atoms with E-state index in [4.69, 9.17) is 9.47 Å². The van der Waals surface area contributed by atoms with Crippen molar-refractivity contribution >= 4 is 5.78 Å². The minimum Gasteiger partial charge on any atom is -0.453 e. The molecule has 0 fully saturated rings. The molecule has 0 bridgehead atoms. The standard InChI is InChI=1S/C9H7FO3/c1-5(11)6-2-7(10)9-8(3-6)12-4-13-9/h2-3H,4H2,1H3. The third-order valence-corrected chi connectivity index (χ3v) is 1.83. The predicted octanol–water partition coefficient (Wildman–Crippen LogP) is 1.76. The van der Waals surface area contributed by atoms with Crippen molar-refractivity contribution < 1.29 is 18.7 Å². The van der Waals surface area contributed by atoms with E-state index in [-0.39, 0.29) is 18.3 Å². The number of ether oxygens (including phenoxy) is 2. The highest BCUT2D eigenvalue weighted by Crippen LogP contribution is 2.35. The van der Waals surface area contributed by atoms with Gasteiger partial charge in [-0.15, -0.1) is 0 Å². The molecule has 4 heteroatoms. The van der Waals surface area contributed by atoms with E-state index >= 15 is 0 Å². The monoisotopic (exact) mass is 182 g/mol. The van der Waals surface area contributed by atoms with Gasteiger partial charge in [0.15, 0.2) is 17.3 Å².